The first kappa shape index (κ1) is 20.0. The van der Waals surface area contributed by atoms with Gasteiger partial charge in [0.05, 0.1) is 0 Å². The highest BCUT2D eigenvalue weighted by Gasteiger charge is 2.38. The van der Waals surface area contributed by atoms with Crippen molar-refractivity contribution in [1.82, 2.24) is 0 Å². The van der Waals surface area contributed by atoms with E-state index >= 15 is 0 Å². The fraction of sp³-hybridized carbons (Fsp3) is 0.923. The summed E-state index contributed by atoms with van der Waals surface area (Å²) in [5.41, 5.74) is 0. The molecule has 1 atom stereocenters. The summed E-state index contributed by atoms with van der Waals surface area (Å²) in [5, 5.41) is 0.150. The van der Waals surface area contributed by atoms with E-state index in [1.54, 1.807) is 0 Å². The van der Waals surface area contributed by atoms with Crippen molar-refractivity contribution in [3.8, 4) is 0 Å². The highest BCUT2D eigenvalue weighted by atomic mass is 31.2. The molecule has 0 saturated heterocycles. The number of ketones is 1. The van der Waals surface area contributed by atoms with E-state index in [2.05, 4.69) is 33.9 Å². The molecule has 0 aromatic rings. The summed E-state index contributed by atoms with van der Waals surface area (Å²) in [6, 6.07) is 0. The number of hydrogen-bond donors (Lipinski definition) is 2. The van der Waals surface area contributed by atoms with Gasteiger partial charge in [0.15, 0.2) is 8.32 Å². The SMILES string of the molecule is C[C@H](CCCC(=O)CP(=O)(O)O)O[Si](C)(C)C(C)(C)C. The third-order valence-electron chi connectivity index (χ3n) is 3.75. The molecule has 0 aliphatic carbocycles. The van der Waals surface area contributed by atoms with E-state index in [1.807, 2.05) is 6.92 Å². The Kier molecular flexibility index (Phi) is 7.32. The van der Waals surface area contributed by atoms with Crippen molar-refractivity contribution < 1.29 is 23.6 Å². The monoisotopic (exact) mass is 324 g/mol. The average molecular weight is 324 g/mol. The van der Waals surface area contributed by atoms with Gasteiger partial charge in [-0.05, 0) is 37.9 Å². The standard InChI is InChI=1S/C13H29O5PSi/c1-11(18-20(5,6)13(2,3)4)8-7-9-12(14)10-19(15,16)17/h11H,7-10H2,1-6H3,(H2,15,16,17)/t11-/m1/s1. The van der Waals surface area contributed by atoms with E-state index < -0.39 is 22.1 Å². The first-order chi connectivity index (χ1) is 8.74. The molecule has 20 heavy (non-hydrogen) atoms. The van der Waals surface area contributed by atoms with Crippen molar-refractivity contribution in [1.29, 1.82) is 0 Å². The maximum absolute atomic E-state index is 11.4. The van der Waals surface area contributed by atoms with Crippen molar-refractivity contribution in [2.75, 3.05) is 6.16 Å². The number of carbonyl (C=O) groups is 1. The van der Waals surface area contributed by atoms with Crippen molar-refractivity contribution in [3.63, 3.8) is 0 Å². The summed E-state index contributed by atoms with van der Waals surface area (Å²) >= 11 is 0. The zero-order valence-electron chi connectivity index (χ0n) is 13.5. The minimum absolute atomic E-state index is 0.0683. The van der Waals surface area contributed by atoms with Gasteiger partial charge in [-0.1, -0.05) is 20.8 Å². The van der Waals surface area contributed by atoms with Crippen molar-refractivity contribution >= 4 is 21.7 Å². The smallest absolute Gasteiger partial charge is 0.332 e. The zero-order chi connectivity index (χ0) is 16.2. The summed E-state index contributed by atoms with van der Waals surface area (Å²) in [7, 11) is -6.01. The number of hydrogen-bond acceptors (Lipinski definition) is 3. The summed E-state index contributed by atoms with van der Waals surface area (Å²) < 4.78 is 16.9. The Morgan fingerprint density at radius 3 is 2.20 bits per heavy atom. The van der Waals surface area contributed by atoms with Gasteiger partial charge in [0.1, 0.15) is 11.9 Å². The second kappa shape index (κ2) is 7.32. The molecule has 0 rings (SSSR count). The van der Waals surface area contributed by atoms with Crippen LogP contribution in [0.4, 0.5) is 0 Å². The summed E-state index contributed by atoms with van der Waals surface area (Å²) in [5.74, 6) is -0.377. The molecule has 0 spiro atoms. The molecule has 120 valence electrons. The Morgan fingerprint density at radius 1 is 1.30 bits per heavy atom. The second-order valence-corrected chi connectivity index (χ2v) is 13.3. The molecule has 0 saturated carbocycles. The molecule has 0 unspecified atom stereocenters. The lowest BCUT2D eigenvalue weighted by molar-refractivity contribution is -0.117. The number of Topliss-reactive ketones (excluding diaryl/α,β-unsaturated/α-hetero) is 1. The third kappa shape index (κ3) is 8.32. The Balaban J connectivity index is 4.10. The normalized spacial score (nSPS) is 15.2. The summed E-state index contributed by atoms with van der Waals surface area (Å²) in [6.45, 7) is 12.9. The van der Waals surface area contributed by atoms with Crippen LogP contribution in [0.3, 0.4) is 0 Å². The van der Waals surface area contributed by atoms with E-state index in [-0.39, 0.29) is 23.3 Å². The molecule has 0 aromatic heterocycles. The lowest BCUT2D eigenvalue weighted by atomic mass is 10.1. The van der Waals surface area contributed by atoms with Crippen molar-refractivity contribution in [2.45, 2.75) is 71.2 Å². The largest absolute Gasteiger partial charge is 0.414 e. The second-order valence-electron chi connectivity index (χ2n) is 6.94. The highest BCUT2D eigenvalue weighted by molar-refractivity contribution is 7.52. The van der Waals surface area contributed by atoms with Gasteiger partial charge in [0, 0.05) is 12.5 Å². The highest BCUT2D eigenvalue weighted by Crippen LogP contribution is 2.38. The van der Waals surface area contributed by atoms with E-state index in [4.69, 9.17) is 14.2 Å². The van der Waals surface area contributed by atoms with Crippen LogP contribution < -0.4 is 0 Å². The van der Waals surface area contributed by atoms with Gasteiger partial charge >= 0.3 is 7.60 Å². The van der Waals surface area contributed by atoms with Gasteiger partial charge in [0.25, 0.3) is 0 Å². The first-order valence-corrected chi connectivity index (χ1v) is 11.7. The summed E-state index contributed by atoms with van der Waals surface area (Å²) in [4.78, 5) is 28.8. The first-order valence-electron chi connectivity index (χ1n) is 6.99. The van der Waals surface area contributed by atoms with E-state index in [0.29, 0.717) is 6.42 Å². The van der Waals surface area contributed by atoms with E-state index in [1.165, 1.54) is 0 Å². The van der Waals surface area contributed by atoms with Crippen LogP contribution in [0.2, 0.25) is 18.1 Å². The van der Waals surface area contributed by atoms with Crippen LogP contribution in [-0.4, -0.2) is 36.2 Å². The molecule has 0 amide bonds. The molecule has 7 heteroatoms. The van der Waals surface area contributed by atoms with Crippen LogP contribution in [-0.2, 0) is 13.8 Å². The van der Waals surface area contributed by atoms with Gasteiger partial charge in [-0.25, -0.2) is 0 Å². The molecule has 0 aliphatic heterocycles. The maximum Gasteiger partial charge on any atom is 0.332 e. The lowest BCUT2D eigenvalue weighted by Crippen LogP contribution is -2.43. The molecule has 2 N–H and O–H groups in total. The Morgan fingerprint density at radius 2 is 1.80 bits per heavy atom. The topological polar surface area (TPSA) is 83.8 Å². The molecule has 0 heterocycles. The predicted octanol–water partition coefficient (Wildman–Crippen LogP) is 3.31. The van der Waals surface area contributed by atoms with Crippen molar-refractivity contribution in [2.24, 2.45) is 0 Å². The van der Waals surface area contributed by atoms with Crippen LogP contribution >= 0.6 is 7.60 Å². The Labute approximate surface area is 123 Å². The van der Waals surface area contributed by atoms with Crippen LogP contribution in [0.15, 0.2) is 0 Å². The minimum Gasteiger partial charge on any atom is -0.414 e. The molecule has 0 aromatic carbocycles. The van der Waals surface area contributed by atoms with Crippen LogP contribution in [0, 0.1) is 0 Å². The zero-order valence-corrected chi connectivity index (χ0v) is 15.4. The average Bonchev–Trinajstić information content (AvgIpc) is 2.11. The fourth-order valence-electron chi connectivity index (χ4n) is 1.63. The minimum atomic E-state index is -4.22. The van der Waals surface area contributed by atoms with E-state index in [9.17, 15) is 9.36 Å². The van der Waals surface area contributed by atoms with Crippen LogP contribution in [0.5, 0.6) is 0 Å². The van der Waals surface area contributed by atoms with Gasteiger partial charge in [-0.3, -0.25) is 9.36 Å². The number of carbonyl (C=O) groups excluding carboxylic acids is 1. The van der Waals surface area contributed by atoms with Gasteiger partial charge in [0.2, 0.25) is 0 Å². The van der Waals surface area contributed by atoms with E-state index in [0.717, 1.165) is 6.42 Å². The van der Waals surface area contributed by atoms with Crippen LogP contribution in [0.1, 0.15) is 47.0 Å². The Hall–Kier alpha value is -0.00312. The third-order valence-corrected chi connectivity index (χ3v) is 9.12. The fourth-order valence-corrected chi connectivity index (χ4v) is 3.73. The number of rotatable bonds is 8. The molecular weight excluding hydrogens is 295 g/mol. The molecule has 5 nitrogen and oxygen atoms in total. The quantitative estimate of drug-likeness (QED) is 0.528. The molecule has 0 bridgehead atoms. The Bertz CT molecular complexity index is 369. The predicted molar refractivity (Wildman–Crippen MR) is 83.5 cm³/mol. The molecular formula is C13H29O5PSi. The molecule has 0 radical (unpaired) electrons. The lowest BCUT2D eigenvalue weighted by Gasteiger charge is -2.38. The maximum atomic E-state index is 11.4. The summed E-state index contributed by atoms with van der Waals surface area (Å²) in [6.07, 6.45) is 0.966. The van der Waals surface area contributed by atoms with Gasteiger partial charge in [-0.15, -0.1) is 0 Å². The van der Waals surface area contributed by atoms with Gasteiger partial charge in [-0.2, -0.15) is 0 Å². The van der Waals surface area contributed by atoms with Crippen molar-refractivity contribution in [3.05, 3.63) is 0 Å². The van der Waals surface area contributed by atoms with Crippen LogP contribution in [0.25, 0.3) is 0 Å². The molecule has 0 fully saturated rings. The van der Waals surface area contributed by atoms with Gasteiger partial charge < -0.3 is 14.2 Å². The molecule has 0 aliphatic rings.